The highest BCUT2D eigenvalue weighted by Gasteiger charge is 2.03. The number of thiocarbonyl (C=S) groups is 1. The largest absolute Gasteiger partial charge is 0.484 e. The van der Waals surface area contributed by atoms with Gasteiger partial charge < -0.3 is 10.1 Å². The highest BCUT2D eigenvalue weighted by molar-refractivity contribution is 7.80. The second kappa shape index (κ2) is 9.41. The maximum Gasteiger partial charge on any atom is 0.276 e. The summed E-state index contributed by atoms with van der Waals surface area (Å²) in [6.45, 7) is 4.92. The summed E-state index contributed by atoms with van der Waals surface area (Å²) in [4.78, 5) is 11.6. The molecule has 3 N–H and O–H groups in total. The molecule has 0 spiro atoms. The lowest BCUT2D eigenvalue weighted by Gasteiger charge is -2.12. The van der Waals surface area contributed by atoms with Crippen molar-refractivity contribution in [3.63, 3.8) is 0 Å². The van der Waals surface area contributed by atoms with Crippen molar-refractivity contribution in [3.8, 4) is 5.75 Å². The molecule has 0 radical (unpaired) electrons. The second-order valence-corrected chi connectivity index (χ2v) is 5.70. The van der Waals surface area contributed by atoms with Gasteiger partial charge in [0.15, 0.2) is 11.7 Å². The van der Waals surface area contributed by atoms with Gasteiger partial charge in [-0.25, -0.2) is 0 Å². The number of hydrazine groups is 1. The van der Waals surface area contributed by atoms with Crippen LogP contribution in [0.1, 0.15) is 20.3 Å². The zero-order valence-corrected chi connectivity index (χ0v) is 13.7. The molecule has 0 aliphatic carbocycles. The summed E-state index contributed by atoms with van der Waals surface area (Å²) in [6, 6.07) is 6.78. The number of halogens is 1. The van der Waals surface area contributed by atoms with Gasteiger partial charge in [-0.3, -0.25) is 15.6 Å². The van der Waals surface area contributed by atoms with Crippen molar-refractivity contribution >= 4 is 34.8 Å². The van der Waals surface area contributed by atoms with Crippen molar-refractivity contribution in [2.45, 2.75) is 20.3 Å². The summed E-state index contributed by atoms with van der Waals surface area (Å²) >= 11 is 10.8. The van der Waals surface area contributed by atoms with Gasteiger partial charge >= 0.3 is 0 Å². The van der Waals surface area contributed by atoms with Gasteiger partial charge in [-0.1, -0.05) is 25.4 Å². The third-order valence-corrected chi connectivity index (χ3v) is 3.00. The Morgan fingerprint density at radius 3 is 2.57 bits per heavy atom. The predicted octanol–water partition coefficient (Wildman–Crippen LogP) is 2.26. The number of hydrogen-bond acceptors (Lipinski definition) is 3. The SMILES string of the molecule is CC(C)CCNC(=S)NNC(=O)COc1ccc(Cl)cc1. The summed E-state index contributed by atoms with van der Waals surface area (Å²) in [5, 5.41) is 4.00. The van der Waals surface area contributed by atoms with Gasteiger partial charge in [-0.05, 0) is 48.8 Å². The van der Waals surface area contributed by atoms with E-state index in [1.165, 1.54) is 0 Å². The van der Waals surface area contributed by atoms with Gasteiger partial charge in [-0.15, -0.1) is 0 Å². The van der Waals surface area contributed by atoms with E-state index in [1.54, 1.807) is 24.3 Å². The van der Waals surface area contributed by atoms with Crippen molar-refractivity contribution in [2.24, 2.45) is 5.92 Å². The average Bonchev–Trinajstić information content (AvgIpc) is 2.44. The first-order valence-corrected chi connectivity index (χ1v) is 7.47. The molecule has 0 heterocycles. The van der Waals surface area contributed by atoms with Crippen LogP contribution in [0.3, 0.4) is 0 Å². The molecule has 0 atom stereocenters. The van der Waals surface area contributed by atoms with E-state index in [0.29, 0.717) is 21.8 Å². The van der Waals surface area contributed by atoms with Gasteiger partial charge in [0, 0.05) is 11.6 Å². The van der Waals surface area contributed by atoms with Crippen LogP contribution >= 0.6 is 23.8 Å². The van der Waals surface area contributed by atoms with Crippen LogP contribution in [-0.4, -0.2) is 24.2 Å². The summed E-state index contributed by atoms with van der Waals surface area (Å²) < 4.78 is 5.29. The molecule has 5 nitrogen and oxygen atoms in total. The van der Waals surface area contributed by atoms with Crippen LogP contribution in [0.15, 0.2) is 24.3 Å². The van der Waals surface area contributed by atoms with Crippen molar-refractivity contribution in [2.75, 3.05) is 13.2 Å². The molecule has 21 heavy (non-hydrogen) atoms. The second-order valence-electron chi connectivity index (χ2n) is 4.85. The fraction of sp³-hybridized carbons (Fsp3) is 0.429. The minimum absolute atomic E-state index is 0.108. The molecule has 1 amide bonds. The molecule has 0 saturated heterocycles. The Morgan fingerprint density at radius 2 is 1.95 bits per heavy atom. The van der Waals surface area contributed by atoms with Crippen LogP contribution in [0.4, 0.5) is 0 Å². The monoisotopic (exact) mass is 329 g/mol. The van der Waals surface area contributed by atoms with Crippen LogP contribution in [-0.2, 0) is 4.79 Å². The van der Waals surface area contributed by atoms with Gasteiger partial charge in [0.2, 0.25) is 0 Å². The number of nitrogens with one attached hydrogen (secondary N) is 3. The van der Waals surface area contributed by atoms with Gasteiger partial charge in [-0.2, -0.15) is 0 Å². The molecule has 1 aromatic rings. The number of ether oxygens (including phenoxy) is 1. The maximum atomic E-state index is 11.6. The summed E-state index contributed by atoms with van der Waals surface area (Å²) in [6.07, 6.45) is 1.01. The molecule has 0 saturated carbocycles. The van der Waals surface area contributed by atoms with Crippen LogP contribution in [0, 0.1) is 5.92 Å². The number of carbonyl (C=O) groups excluding carboxylic acids is 1. The molecule has 1 rings (SSSR count). The molecule has 0 bridgehead atoms. The first kappa shape index (κ1) is 17.5. The van der Waals surface area contributed by atoms with Crippen LogP contribution in [0.2, 0.25) is 5.02 Å². The number of amides is 1. The van der Waals surface area contributed by atoms with E-state index in [-0.39, 0.29) is 12.5 Å². The molecular formula is C14H20ClN3O2S. The molecule has 0 aromatic heterocycles. The first-order valence-electron chi connectivity index (χ1n) is 6.68. The highest BCUT2D eigenvalue weighted by atomic mass is 35.5. The highest BCUT2D eigenvalue weighted by Crippen LogP contribution is 2.15. The number of hydrogen-bond donors (Lipinski definition) is 3. The molecule has 1 aromatic carbocycles. The lowest BCUT2D eigenvalue weighted by Crippen LogP contribution is -2.48. The van der Waals surface area contributed by atoms with E-state index in [4.69, 9.17) is 28.6 Å². The minimum Gasteiger partial charge on any atom is -0.484 e. The number of benzene rings is 1. The number of carbonyl (C=O) groups is 1. The van der Waals surface area contributed by atoms with Crippen LogP contribution in [0.25, 0.3) is 0 Å². The summed E-state index contributed by atoms with van der Waals surface area (Å²) in [7, 11) is 0. The van der Waals surface area contributed by atoms with Crippen molar-refractivity contribution < 1.29 is 9.53 Å². The molecule has 0 aliphatic rings. The van der Waals surface area contributed by atoms with E-state index in [2.05, 4.69) is 30.0 Å². The molecule has 0 fully saturated rings. The Morgan fingerprint density at radius 1 is 1.29 bits per heavy atom. The van der Waals surface area contributed by atoms with Gasteiger partial charge in [0.1, 0.15) is 5.75 Å². The topological polar surface area (TPSA) is 62.4 Å². The third-order valence-electron chi connectivity index (χ3n) is 2.51. The van der Waals surface area contributed by atoms with E-state index in [0.717, 1.165) is 13.0 Å². The van der Waals surface area contributed by atoms with E-state index < -0.39 is 0 Å². The third kappa shape index (κ3) is 8.37. The smallest absolute Gasteiger partial charge is 0.276 e. The van der Waals surface area contributed by atoms with E-state index in [9.17, 15) is 4.79 Å². The lowest BCUT2D eigenvalue weighted by molar-refractivity contribution is -0.123. The standard InChI is InChI=1S/C14H20ClN3O2S/c1-10(2)7-8-16-14(21)18-17-13(19)9-20-12-5-3-11(15)4-6-12/h3-6,10H,7-9H2,1-2H3,(H,17,19)(H2,16,18,21). The van der Waals surface area contributed by atoms with Gasteiger partial charge in [0.25, 0.3) is 5.91 Å². The van der Waals surface area contributed by atoms with Crippen LogP contribution in [0.5, 0.6) is 5.75 Å². The summed E-state index contributed by atoms with van der Waals surface area (Å²) in [5.41, 5.74) is 5.08. The Bertz CT molecular complexity index is 466. The average molecular weight is 330 g/mol. The fourth-order valence-corrected chi connectivity index (χ4v) is 1.64. The Hall–Kier alpha value is -1.53. The maximum absolute atomic E-state index is 11.6. The Labute approximate surface area is 135 Å². The normalized spacial score (nSPS) is 10.1. The quantitative estimate of drug-likeness (QED) is 0.552. The first-order chi connectivity index (χ1) is 9.97. The van der Waals surface area contributed by atoms with E-state index in [1.807, 2.05) is 0 Å². The van der Waals surface area contributed by atoms with Crippen molar-refractivity contribution in [1.29, 1.82) is 0 Å². The van der Waals surface area contributed by atoms with Crippen molar-refractivity contribution in [1.82, 2.24) is 16.2 Å². The zero-order valence-electron chi connectivity index (χ0n) is 12.1. The molecule has 116 valence electrons. The molecule has 7 heteroatoms. The van der Waals surface area contributed by atoms with E-state index >= 15 is 0 Å². The molecule has 0 aliphatic heterocycles. The fourth-order valence-electron chi connectivity index (χ4n) is 1.36. The molecule has 0 unspecified atom stereocenters. The lowest BCUT2D eigenvalue weighted by atomic mass is 10.1. The molecular weight excluding hydrogens is 310 g/mol. The predicted molar refractivity (Wildman–Crippen MR) is 88.3 cm³/mol. The van der Waals surface area contributed by atoms with Crippen molar-refractivity contribution in [3.05, 3.63) is 29.3 Å². The number of rotatable bonds is 6. The Balaban J connectivity index is 2.16. The minimum atomic E-state index is -0.321. The summed E-state index contributed by atoms with van der Waals surface area (Å²) in [5.74, 6) is 0.854. The van der Waals surface area contributed by atoms with Crippen LogP contribution < -0.4 is 20.9 Å². The Kier molecular flexibility index (Phi) is 7.85. The zero-order chi connectivity index (χ0) is 15.7. The van der Waals surface area contributed by atoms with Gasteiger partial charge in [0.05, 0.1) is 0 Å².